The minimum Gasteiger partial charge on any atom is -0.481 e. The van der Waals surface area contributed by atoms with Gasteiger partial charge in [0.2, 0.25) is 5.91 Å². The molecule has 238 valence electrons. The molecule has 3 aromatic carbocycles. The number of carbonyl (C=O) groups excluding carboxylic acids is 1. The standard InChI is InChI=1S/C33H38N4O8/c38-22-23-7-9-24(10-8-23)30-20-29(21-35-15-17-36(18-16-35)27-11-13-28(14-12-27)37(42)43)44-33(45-30)25-3-1-4-26(19-25)34-31(39)5-2-6-32(40)41/h1,3-4,7-14,19,29-30,33,38H,2,5-6,15-18,20-22H2,(H,34,39)(H,40,41). The minimum absolute atomic E-state index is 0.0408. The van der Waals surface area contributed by atoms with E-state index in [9.17, 15) is 24.8 Å². The molecule has 2 heterocycles. The van der Waals surface area contributed by atoms with E-state index in [0.29, 0.717) is 18.7 Å². The number of anilines is 2. The van der Waals surface area contributed by atoms with Gasteiger partial charge in [-0.2, -0.15) is 0 Å². The van der Waals surface area contributed by atoms with Crippen LogP contribution in [0.2, 0.25) is 0 Å². The van der Waals surface area contributed by atoms with Gasteiger partial charge in [-0.3, -0.25) is 24.6 Å². The summed E-state index contributed by atoms with van der Waals surface area (Å²) in [5.41, 5.74) is 4.17. The monoisotopic (exact) mass is 618 g/mol. The number of ether oxygens (including phenoxy) is 2. The van der Waals surface area contributed by atoms with Crippen molar-refractivity contribution in [2.75, 3.05) is 42.9 Å². The molecule has 0 bridgehead atoms. The van der Waals surface area contributed by atoms with Gasteiger partial charge in [-0.05, 0) is 41.8 Å². The van der Waals surface area contributed by atoms with Gasteiger partial charge in [0.15, 0.2) is 6.29 Å². The van der Waals surface area contributed by atoms with Crippen LogP contribution in [-0.2, 0) is 25.7 Å². The first-order valence-corrected chi connectivity index (χ1v) is 15.1. The van der Waals surface area contributed by atoms with Crippen molar-refractivity contribution in [1.29, 1.82) is 0 Å². The average Bonchev–Trinajstić information content (AvgIpc) is 3.05. The van der Waals surface area contributed by atoms with Crippen LogP contribution in [0.4, 0.5) is 17.1 Å². The lowest BCUT2D eigenvalue weighted by molar-refractivity contribution is -0.384. The van der Waals surface area contributed by atoms with Crippen molar-refractivity contribution < 1.29 is 34.2 Å². The van der Waals surface area contributed by atoms with Gasteiger partial charge in [0.1, 0.15) is 0 Å². The fourth-order valence-corrected chi connectivity index (χ4v) is 5.68. The van der Waals surface area contributed by atoms with Crippen LogP contribution < -0.4 is 10.2 Å². The summed E-state index contributed by atoms with van der Waals surface area (Å²) in [5, 5.41) is 32.2. The molecule has 3 unspecified atom stereocenters. The number of aliphatic hydroxyl groups excluding tert-OH is 1. The van der Waals surface area contributed by atoms with E-state index in [1.807, 2.05) is 42.5 Å². The van der Waals surface area contributed by atoms with Crippen molar-refractivity contribution >= 4 is 28.9 Å². The maximum atomic E-state index is 12.4. The van der Waals surface area contributed by atoms with Crippen molar-refractivity contribution in [3.05, 3.63) is 99.6 Å². The maximum absolute atomic E-state index is 12.4. The van der Waals surface area contributed by atoms with Gasteiger partial charge in [-0.15, -0.1) is 0 Å². The zero-order valence-electron chi connectivity index (χ0n) is 24.9. The van der Waals surface area contributed by atoms with Gasteiger partial charge in [0.05, 0.1) is 23.7 Å². The minimum atomic E-state index is -0.933. The molecule has 3 aromatic rings. The first-order chi connectivity index (χ1) is 21.8. The number of hydrogen-bond donors (Lipinski definition) is 3. The second kappa shape index (κ2) is 15.1. The molecule has 3 N–H and O–H groups in total. The number of carboxylic acid groups (broad SMARTS) is 1. The molecule has 5 rings (SSSR count). The van der Waals surface area contributed by atoms with Crippen molar-refractivity contribution in [3.63, 3.8) is 0 Å². The summed E-state index contributed by atoms with van der Waals surface area (Å²) in [5.74, 6) is -1.19. The lowest BCUT2D eigenvalue weighted by Crippen LogP contribution is -2.49. The first kappa shape index (κ1) is 32.0. The molecule has 45 heavy (non-hydrogen) atoms. The van der Waals surface area contributed by atoms with E-state index in [-0.39, 0.29) is 49.7 Å². The molecule has 2 saturated heterocycles. The van der Waals surface area contributed by atoms with Crippen LogP contribution in [0.3, 0.4) is 0 Å². The lowest BCUT2D eigenvalue weighted by atomic mass is 9.99. The predicted octanol–water partition coefficient (Wildman–Crippen LogP) is 4.65. The van der Waals surface area contributed by atoms with E-state index in [1.54, 1.807) is 18.2 Å². The Kier molecular flexibility index (Phi) is 10.7. The van der Waals surface area contributed by atoms with E-state index in [1.165, 1.54) is 12.1 Å². The van der Waals surface area contributed by atoms with Gasteiger partial charge in [-0.1, -0.05) is 36.4 Å². The van der Waals surface area contributed by atoms with E-state index < -0.39 is 17.2 Å². The van der Waals surface area contributed by atoms with E-state index in [2.05, 4.69) is 15.1 Å². The number of carboxylic acids is 1. The fraction of sp³-hybridized carbons (Fsp3) is 0.394. The van der Waals surface area contributed by atoms with Crippen molar-refractivity contribution in [1.82, 2.24) is 4.90 Å². The second-order valence-electron chi connectivity index (χ2n) is 11.3. The summed E-state index contributed by atoms with van der Waals surface area (Å²) in [6.45, 7) is 3.83. The van der Waals surface area contributed by atoms with Gasteiger partial charge < -0.3 is 29.9 Å². The molecule has 0 aromatic heterocycles. The molecule has 2 fully saturated rings. The Bertz CT molecular complexity index is 1460. The number of aliphatic carboxylic acids is 1. The van der Waals surface area contributed by atoms with Gasteiger partial charge in [0.25, 0.3) is 5.69 Å². The molecule has 3 atom stereocenters. The summed E-state index contributed by atoms with van der Waals surface area (Å²) in [6, 6.07) is 21.6. The largest absolute Gasteiger partial charge is 0.481 e. The third-order valence-electron chi connectivity index (χ3n) is 8.11. The molecule has 0 aliphatic carbocycles. The summed E-state index contributed by atoms with van der Waals surface area (Å²) in [7, 11) is 0. The molecule has 0 radical (unpaired) electrons. The molecule has 1 amide bonds. The van der Waals surface area contributed by atoms with Crippen LogP contribution in [0.15, 0.2) is 72.8 Å². The molecule has 2 aliphatic heterocycles. The van der Waals surface area contributed by atoms with Gasteiger partial charge in [-0.25, -0.2) is 0 Å². The number of hydrogen-bond acceptors (Lipinski definition) is 9. The zero-order chi connectivity index (χ0) is 31.8. The topological polar surface area (TPSA) is 155 Å². The SMILES string of the molecule is O=C(O)CCCC(=O)Nc1cccc(C2OC(CN3CCN(c4ccc([N+](=O)[O-])cc4)CC3)CC(c3ccc(CO)cc3)O2)c1. The van der Waals surface area contributed by atoms with Crippen LogP contribution in [-0.4, -0.2) is 70.7 Å². The van der Waals surface area contributed by atoms with Crippen molar-refractivity contribution in [2.24, 2.45) is 0 Å². The Balaban J connectivity index is 1.25. The number of nitrogens with one attached hydrogen (secondary N) is 1. The third kappa shape index (κ3) is 8.85. The molecule has 12 nitrogen and oxygen atoms in total. The maximum Gasteiger partial charge on any atom is 0.303 e. The summed E-state index contributed by atoms with van der Waals surface area (Å²) in [6.07, 6.45) is -0.141. The number of nitrogens with zero attached hydrogens (tertiary/aromatic N) is 3. The Morgan fingerprint density at radius 1 is 0.933 bits per heavy atom. The highest BCUT2D eigenvalue weighted by molar-refractivity contribution is 5.90. The molecule has 0 saturated carbocycles. The molecular weight excluding hydrogens is 580 g/mol. The van der Waals surface area contributed by atoms with Crippen LogP contribution in [0.1, 0.15) is 54.8 Å². The lowest BCUT2D eigenvalue weighted by Gasteiger charge is -2.41. The first-order valence-electron chi connectivity index (χ1n) is 15.1. The number of rotatable bonds is 12. The van der Waals surface area contributed by atoms with Gasteiger partial charge >= 0.3 is 5.97 Å². The normalized spacial score (nSPS) is 20.5. The third-order valence-corrected chi connectivity index (χ3v) is 8.11. The van der Waals surface area contributed by atoms with E-state index >= 15 is 0 Å². The highest BCUT2D eigenvalue weighted by Gasteiger charge is 2.34. The molecule has 2 aliphatic rings. The molecular formula is C33H38N4O8. The number of nitro benzene ring substituents is 1. The summed E-state index contributed by atoms with van der Waals surface area (Å²) in [4.78, 5) is 38.4. The fourth-order valence-electron chi connectivity index (χ4n) is 5.68. The van der Waals surface area contributed by atoms with Crippen LogP contribution in [0.25, 0.3) is 0 Å². The van der Waals surface area contributed by atoms with E-state index in [4.69, 9.17) is 14.6 Å². The number of piperazine rings is 1. The number of aliphatic hydroxyl groups is 1. The van der Waals surface area contributed by atoms with Crippen LogP contribution in [0, 0.1) is 10.1 Å². The second-order valence-corrected chi connectivity index (χ2v) is 11.3. The predicted molar refractivity (Wildman–Crippen MR) is 167 cm³/mol. The quantitative estimate of drug-likeness (QED) is 0.193. The molecule has 12 heteroatoms. The Labute approximate surface area is 261 Å². The number of non-ortho nitro benzene ring substituents is 1. The average molecular weight is 619 g/mol. The number of benzene rings is 3. The number of carbonyl (C=O) groups is 2. The zero-order valence-corrected chi connectivity index (χ0v) is 24.9. The van der Waals surface area contributed by atoms with Crippen molar-refractivity contribution in [2.45, 2.75) is 50.8 Å². The van der Waals surface area contributed by atoms with Crippen LogP contribution in [0.5, 0.6) is 0 Å². The number of nitro groups is 1. The Hall–Kier alpha value is -4.36. The Morgan fingerprint density at radius 3 is 2.33 bits per heavy atom. The summed E-state index contributed by atoms with van der Waals surface area (Å²) >= 11 is 0. The Morgan fingerprint density at radius 2 is 1.67 bits per heavy atom. The van der Waals surface area contributed by atoms with E-state index in [0.717, 1.165) is 48.6 Å². The highest BCUT2D eigenvalue weighted by Crippen LogP contribution is 2.39. The number of amides is 1. The molecule has 0 spiro atoms. The summed E-state index contributed by atoms with van der Waals surface area (Å²) < 4.78 is 13.0. The van der Waals surface area contributed by atoms with Crippen molar-refractivity contribution in [3.8, 4) is 0 Å². The highest BCUT2D eigenvalue weighted by atomic mass is 16.7. The van der Waals surface area contributed by atoms with Crippen LogP contribution >= 0.6 is 0 Å². The van der Waals surface area contributed by atoms with Gasteiger partial charge in [0, 0.05) is 81.1 Å². The smallest absolute Gasteiger partial charge is 0.303 e.